The first kappa shape index (κ1) is 28.4. The number of carbonyl (C=O) groups excluding carboxylic acids is 3. The van der Waals surface area contributed by atoms with Crippen LogP contribution in [0.4, 0.5) is 0 Å². The van der Waals surface area contributed by atoms with Crippen LogP contribution in [-0.4, -0.2) is 30.4 Å². The molecule has 8 heteroatoms. The lowest BCUT2D eigenvalue weighted by Gasteiger charge is -2.37. The molecule has 0 saturated heterocycles. The molecule has 1 aliphatic heterocycles. The van der Waals surface area contributed by atoms with Crippen LogP contribution in [0.3, 0.4) is 0 Å². The van der Waals surface area contributed by atoms with Gasteiger partial charge in [-0.15, -0.1) is 0 Å². The molecular formula is C31H34ClNO6. The zero-order valence-corrected chi connectivity index (χ0v) is 23.7. The Morgan fingerprint density at radius 1 is 1.05 bits per heavy atom. The van der Waals surface area contributed by atoms with Gasteiger partial charge in [-0.2, -0.15) is 0 Å². The Morgan fingerprint density at radius 2 is 1.74 bits per heavy atom. The summed E-state index contributed by atoms with van der Waals surface area (Å²) in [5.74, 6) is -1.04. The number of esters is 2. The maximum atomic E-state index is 13.8. The molecule has 0 saturated carbocycles. The third kappa shape index (κ3) is 6.19. The van der Waals surface area contributed by atoms with Crippen LogP contribution in [0.5, 0.6) is 11.5 Å². The molecule has 4 rings (SSSR count). The normalized spacial score (nSPS) is 19.7. The predicted octanol–water partition coefficient (Wildman–Crippen LogP) is 6.37. The predicted molar refractivity (Wildman–Crippen MR) is 149 cm³/mol. The number of ether oxygens (including phenoxy) is 3. The molecular weight excluding hydrogens is 518 g/mol. The van der Waals surface area contributed by atoms with Gasteiger partial charge in [-0.05, 0) is 74.9 Å². The number of Topliss-reactive ketones (excluding diaryl/α,β-unsaturated/α-hetero) is 1. The van der Waals surface area contributed by atoms with E-state index in [1.165, 1.54) is 6.92 Å². The highest BCUT2D eigenvalue weighted by Crippen LogP contribution is 2.47. The van der Waals surface area contributed by atoms with E-state index in [0.717, 1.165) is 11.3 Å². The summed E-state index contributed by atoms with van der Waals surface area (Å²) in [6.45, 7) is 9.11. The maximum Gasteiger partial charge on any atom is 0.337 e. The van der Waals surface area contributed by atoms with E-state index in [2.05, 4.69) is 5.32 Å². The third-order valence-electron chi connectivity index (χ3n) is 7.13. The van der Waals surface area contributed by atoms with Gasteiger partial charge in [0.2, 0.25) is 0 Å². The van der Waals surface area contributed by atoms with E-state index in [1.807, 2.05) is 52.0 Å². The SMILES string of the molecule is CCOc1cc([C@H]2C(C(=O)O[C@@H](C)CC)=C(C)NC3=C2C(=O)C[C@H](c2ccc(Cl)cc2)C3)ccc1OC(C)=O. The van der Waals surface area contributed by atoms with Crippen molar-refractivity contribution in [3.63, 3.8) is 0 Å². The third-order valence-corrected chi connectivity index (χ3v) is 7.38. The molecule has 7 nitrogen and oxygen atoms in total. The molecule has 0 fully saturated rings. The van der Waals surface area contributed by atoms with Gasteiger partial charge in [0.15, 0.2) is 17.3 Å². The fourth-order valence-electron chi connectivity index (χ4n) is 5.15. The molecule has 206 valence electrons. The Labute approximate surface area is 234 Å². The van der Waals surface area contributed by atoms with Crippen LogP contribution in [0.15, 0.2) is 65.0 Å². The topological polar surface area (TPSA) is 90.9 Å². The smallest absolute Gasteiger partial charge is 0.337 e. The number of nitrogens with one attached hydrogen (secondary N) is 1. The first-order chi connectivity index (χ1) is 18.6. The summed E-state index contributed by atoms with van der Waals surface area (Å²) >= 11 is 6.09. The van der Waals surface area contributed by atoms with Crippen LogP contribution in [0.25, 0.3) is 0 Å². The summed E-state index contributed by atoms with van der Waals surface area (Å²) in [6.07, 6.45) is 1.29. The van der Waals surface area contributed by atoms with E-state index in [4.69, 9.17) is 25.8 Å². The van der Waals surface area contributed by atoms with Gasteiger partial charge < -0.3 is 19.5 Å². The first-order valence-electron chi connectivity index (χ1n) is 13.3. The number of hydrogen-bond acceptors (Lipinski definition) is 7. The number of rotatable bonds is 8. The van der Waals surface area contributed by atoms with Crippen molar-refractivity contribution in [3.8, 4) is 11.5 Å². The summed E-state index contributed by atoms with van der Waals surface area (Å²) in [5.41, 5.74) is 4.07. The van der Waals surface area contributed by atoms with Gasteiger partial charge in [0.05, 0.1) is 18.3 Å². The van der Waals surface area contributed by atoms with Gasteiger partial charge in [0, 0.05) is 41.3 Å². The largest absolute Gasteiger partial charge is 0.490 e. The lowest BCUT2D eigenvalue weighted by atomic mass is 9.71. The number of benzene rings is 2. The van der Waals surface area contributed by atoms with Gasteiger partial charge in [-0.3, -0.25) is 9.59 Å². The maximum absolute atomic E-state index is 13.8. The van der Waals surface area contributed by atoms with Gasteiger partial charge >= 0.3 is 11.9 Å². The zero-order valence-electron chi connectivity index (χ0n) is 22.9. The van der Waals surface area contributed by atoms with E-state index in [9.17, 15) is 14.4 Å². The van der Waals surface area contributed by atoms with Crippen molar-refractivity contribution >= 4 is 29.3 Å². The zero-order chi connectivity index (χ0) is 28.3. The molecule has 0 unspecified atom stereocenters. The van der Waals surface area contributed by atoms with E-state index in [0.29, 0.717) is 59.0 Å². The molecule has 0 bridgehead atoms. The second-order valence-corrected chi connectivity index (χ2v) is 10.4. The lowest BCUT2D eigenvalue weighted by molar-refractivity contribution is -0.144. The van der Waals surface area contributed by atoms with E-state index in [-0.39, 0.29) is 23.6 Å². The number of halogens is 1. The monoisotopic (exact) mass is 551 g/mol. The summed E-state index contributed by atoms with van der Waals surface area (Å²) in [6, 6.07) is 12.7. The fourth-order valence-corrected chi connectivity index (χ4v) is 5.28. The summed E-state index contributed by atoms with van der Waals surface area (Å²) in [5, 5.41) is 4.01. The van der Waals surface area contributed by atoms with Crippen LogP contribution in [0, 0.1) is 0 Å². The van der Waals surface area contributed by atoms with Crippen molar-refractivity contribution in [3.05, 3.63) is 81.2 Å². The molecule has 39 heavy (non-hydrogen) atoms. The van der Waals surface area contributed by atoms with Crippen LogP contribution >= 0.6 is 11.6 Å². The van der Waals surface area contributed by atoms with Gasteiger partial charge in [-0.25, -0.2) is 4.79 Å². The van der Waals surface area contributed by atoms with Crippen LogP contribution in [0.2, 0.25) is 5.02 Å². The number of dihydropyridines is 1. The van der Waals surface area contributed by atoms with E-state index >= 15 is 0 Å². The van der Waals surface area contributed by atoms with Crippen molar-refractivity contribution in [1.29, 1.82) is 0 Å². The molecule has 1 aliphatic carbocycles. The molecule has 0 aromatic heterocycles. The number of ketones is 1. The van der Waals surface area contributed by atoms with Crippen LogP contribution < -0.4 is 14.8 Å². The lowest BCUT2D eigenvalue weighted by Crippen LogP contribution is -2.36. The summed E-state index contributed by atoms with van der Waals surface area (Å²) in [7, 11) is 0. The second-order valence-electron chi connectivity index (χ2n) is 9.93. The second kappa shape index (κ2) is 12.1. The minimum absolute atomic E-state index is 0.0200. The van der Waals surface area contributed by atoms with Crippen molar-refractivity contribution < 1.29 is 28.6 Å². The highest BCUT2D eigenvalue weighted by Gasteiger charge is 2.42. The Morgan fingerprint density at radius 3 is 2.38 bits per heavy atom. The van der Waals surface area contributed by atoms with Gasteiger partial charge in [0.1, 0.15) is 0 Å². The van der Waals surface area contributed by atoms with Crippen LogP contribution in [0.1, 0.15) is 76.8 Å². The molecule has 1 heterocycles. The molecule has 0 radical (unpaired) electrons. The Hall–Kier alpha value is -3.58. The Balaban J connectivity index is 1.82. The molecule has 2 aromatic carbocycles. The van der Waals surface area contributed by atoms with Crippen molar-refractivity contribution in [2.45, 2.75) is 71.8 Å². The average Bonchev–Trinajstić information content (AvgIpc) is 2.88. The van der Waals surface area contributed by atoms with Gasteiger partial charge in [0.25, 0.3) is 0 Å². The standard InChI is InChI=1S/C31H34ClNO6/c1-6-17(3)38-31(36)28-18(4)33-24-14-22(20-8-11-23(32)12-9-20)15-25(35)30(24)29(28)21-10-13-26(39-19(5)34)27(16-21)37-7-2/h8-13,16-17,22,29,33H,6-7,14-15H2,1-5H3/t17-,22+,29-/m0/s1. The van der Waals surface area contributed by atoms with E-state index < -0.39 is 17.9 Å². The van der Waals surface area contributed by atoms with E-state index in [1.54, 1.807) is 18.2 Å². The number of allylic oxidation sites excluding steroid dienone is 3. The fraction of sp³-hybridized carbons (Fsp3) is 0.387. The molecule has 2 aromatic rings. The minimum Gasteiger partial charge on any atom is -0.490 e. The first-order valence-corrected chi connectivity index (χ1v) is 13.7. The van der Waals surface area contributed by atoms with Crippen molar-refractivity contribution in [1.82, 2.24) is 5.32 Å². The average molecular weight is 552 g/mol. The quantitative estimate of drug-likeness (QED) is 0.301. The van der Waals surface area contributed by atoms with Crippen LogP contribution in [-0.2, 0) is 19.1 Å². The van der Waals surface area contributed by atoms with Crippen molar-refractivity contribution in [2.24, 2.45) is 0 Å². The molecule has 0 spiro atoms. The number of carbonyl (C=O) groups is 3. The van der Waals surface area contributed by atoms with Crippen molar-refractivity contribution in [2.75, 3.05) is 6.61 Å². The Bertz CT molecular complexity index is 1340. The number of hydrogen-bond donors (Lipinski definition) is 1. The van der Waals surface area contributed by atoms with Gasteiger partial charge in [-0.1, -0.05) is 36.7 Å². The molecule has 1 N–H and O–H groups in total. The minimum atomic E-state index is -0.665. The molecule has 0 amide bonds. The summed E-state index contributed by atoms with van der Waals surface area (Å²) < 4.78 is 16.9. The highest BCUT2D eigenvalue weighted by atomic mass is 35.5. The highest BCUT2D eigenvalue weighted by molar-refractivity contribution is 6.30. The Kier molecular flexibility index (Phi) is 8.80. The molecule has 3 atom stereocenters. The molecule has 2 aliphatic rings. The summed E-state index contributed by atoms with van der Waals surface area (Å²) in [4.78, 5) is 39.0.